The molecular weight excluding hydrogens is 164 g/mol. The van der Waals surface area contributed by atoms with Gasteiger partial charge in [-0.2, -0.15) is 0 Å². The summed E-state index contributed by atoms with van der Waals surface area (Å²) in [6, 6.07) is 9.90. The van der Waals surface area contributed by atoms with Gasteiger partial charge in [-0.1, -0.05) is 30.3 Å². The quantitative estimate of drug-likeness (QED) is 0.705. The van der Waals surface area contributed by atoms with Crippen molar-refractivity contribution < 1.29 is 9.84 Å². The Hall–Kier alpha value is -0.860. The van der Waals surface area contributed by atoms with E-state index in [0.29, 0.717) is 6.61 Å². The first kappa shape index (κ1) is 8.73. The van der Waals surface area contributed by atoms with Crippen molar-refractivity contribution in [3.05, 3.63) is 42.8 Å². The van der Waals surface area contributed by atoms with E-state index in [1.165, 1.54) is 0 Å². The van der Waals surface area contributed by atoms with Gasteiger partial charge in [-0.25, -0.2) is 0 Å². The molecule has 0 bridgehead atoms. The van der Waals surface area contributed by atoms with Crippen LogP contribution in [0.15, 0.2) is 30.3 Å². The molecule has 13 heavy (non-hydrogen) atoms. The molecule has 69 valence electrons. The SMILES string of the molecule is [CH2][C@H]1[C@H](O)CO[C@H]1c1ccccc1. The van der Waals surface area contributed by atoms with E-state index in [1.807, 2.05) is 30.3 Å². The highest BCUT2D eigenvalue weighted by Gasteiger charge is 2.33. The molecule has 1 aromatic rings. The van der Waals surface area contributed by atoms with Crippen molar-refractivity contribution in [3.8, 4) is 0 Å². The van der Waals surface area contributed by atoms with E-state index in [2.05, 4.69) is 6.92 Å². The van der Waals surface area contributed by atoms with Crippen LogP contribution >= 0.6 is 0 Å². The Morgan fingerprint density at radius 3 is 2.54 bits per heavy atom. The minimum absolute atomic E-state index is 0.0452. The lowest BCUT2D eigenvalue weighted by molar-refractivity contribution is 0.0875. The molecule has 0 aromatic heterocycles. The zero-order valence-corrected chi connectivity index (χ0v) is 7.39. The van der Waals surface area contributed by atoms with Gasteiger partial charge in [0.2, 0.25) is 0 Å². The van der Waals surface area contributed by atoms with E-state index in [1.54, 1.807) is 0 Å². The van der Waals surface area contributed by atoms with E-state index >= 15 is 0 Å². The van der Waals surface area contributed by atoms with Gasteiger partial charge in [0.05, 0.1) is 18.8 Å². The molecule has 0 amide bonds. The molecule has 0 spiro atoms. The maximum Gasteiger partial charge on any atom is 0.0879 e. The van der Waals surface area contributed by atoms with Crippen LogP contribution in [0.2, 0.25) is 0 Å². The topological polar surface area (TPSA) is 29.5 Å². The van der Waals surface area contributed by atoms with Crippen LogP contribution in [-0.4, -0.2) is 17.8 Å². The van der Waals surface area contributed by atoms with Crippen molar-refractivity contribution >= 4 is 0 Å². The molecule has 1 fully saturated rings. The largest absolute Gasteiger partial charge is 0.390 e. The zero-order valence-electron chi connectivity index (χ0n) is 7.39. The fourth-order valence-electron chi connectivity index (χ4n) is 1.64. The van der Waals surface area contributed by atoms with Crippen molar-refractivity contribution in [3.63, 3.8) is 0 Å². The van der Waals surface area contributed by atoms with Crippen molar-refractivity contribution in [2.75, 3.05) is 6.61 Å². The lowest BCUT2D eigenvalue weighted by atomic mass is 9.96. The van der Waals surface area contributed by atoms with Crippen LogP contribution in [0.25, 0.3) is 0 Å². The molecule has 1 aliphatic rings. The third kappa shape index (κ3) is 1.60. The molecule has 1 N–H and O–H groups in total. The summed E-state index contributed by atoms with van der Waals surface area (Å²) >= 11 is 0. The molecule has 1 radical (unpaired) electrons. The Bertz CT molecular complexity index is 271. The van der Waals surface area contributed by atoms with E-state index < -0.39 is 6.10 Å². The highest BCUT2D eigenvalue weighted by molar-refractivity contribution is 5.20. The molecule has 1 aliphatic heterocycles. The monoisotopic (exact) mass is 177 g/mol. The Balaban J connectivity index is 2.19. The normalized spacial score (nSPS) is 33.5. The maximum atomic E-state index is 9.44. The number of rotatable bonds is 1. The minimum atomic E-state index is -0.426. The first-order valence-electron chi connectivity index (χ1n) is 4.47. The summed E-state index contributed by atoms with van der Waals surface area (Å²) in [5, 5.41) is 9.44. The van der Waals surface area contributed by atoms with E-state index in [-0.39, 0.29) is 12.0 Å². The predicted octanol–water partition coefficient (Wildman–Crippen LogP) is 1.57. The number of aliphatic hydroxyl groups excluding tert-OH is 1. The molecule has 1 aromatic carbocycles. The van der Waals surface area contributed by atoms with Crippen molar-refractivity contribution in [2.45, 2.75) is 12.2 Å². The van der Waals surface area contributed by atoms with Crippen molar-refractivity contribution in [1.82, 2.24) is 0 Å². The minimum Gasteiger partial charge on any atom is -0.390 e. The summed E-state index contributed by atoms with van der Waals surface area (Å²) in [5.74, 6) is -0.0533. The predicted molar refractivity (Wildman–Crippen MR) is 50.0 cm³/mol. The molecule has 0 unspecified atom stereocenters. The fraction of sp³-hybridized carbons (Fsp3) is 0.364. The second kappa shape index (κ2) is 3.48. The summed E-state index contributed by atoms with van der Waals surface area (Å²) in [7, 11) is 0. The molecular formula is C11H13O2. The Labute approximate surface area is 78.2 Å². The van der Waals surface area contributed by atoms with Crippen LogP contribution in [0, 0.1) is 12.8 Å². The third-order valence-electron chi connectivity index (χ3n) is 2.46. The highest BCUT2D eigenvalue weighted by Crippen LogP contribution is 2.33. The van der Waals surface area contributed by atoms with Crippen LogP contribution in [0.5, 0.6) is 0 Å². The molecule has 0 saturated carbocycles. The first-order chi connectivity index (χ1) is 6.29. The van der Waals surface area contributed by atoms with Gasteiger partial charge in [-0.15, -0.1) is 0 Å². The average molecular weight is 177 g/mol. The first-order valence-corrected chi connectivity index (χ1v) is 4.47. The van der Waals surface area contributed by atoms with Crippen LogP contribution in [-0.2, 0) is 4.74 Å². The average Bonchev–Trinajstić information content (AvgIpc) is 2.49. The number of ether oxygens (including phenoxy) is 1. The van der Waals surface area contributed by atoms with Gasteiger partial charge in [0.1, 0.15) is 0 Å². The molecule has 1 saturated heterocycles. The third-order valence-corrected chi connectivity index (χ3v) is 2.46. The second-order valence-electron chi connectivity index (χ2n) is 3.40. The molecule has 3 atom stereocenters. The van der Waals surface area contributed by atoms with E-state index in [0.717, 1.165) is 5.56 Å². The van der Waals surface area contributed by atoms with Gasteiger partial charge in [0, 0.05) is 5.92 Å². The summed E-state index contributed by atoms with van der Waals surface area (Å²) in [4.78, 5) is 0. The van der Waals surface area contributed by atoms with Gasteiger partial charge in [0.25, 0.3) is 0 Å². The van der Waals surface area contributed by atoms with Crippen LogP contribution < -0.4 is 0 Å². The lowest BCUT2D eigenvalue weighted by Crippen LogP contribution is -2.16. The van der Waals surface area contributed by atoms with Gasteiger partial charge in [-0.3, -0.25) is 0 Å². The summed E-state index contributed by atoms with van der Waals surface area (Å²) in [6.45, 7) is 4.30. The van der Waals surface area contributed by atoms with Crippen molar-refractivity contribution in [2.24, 2.45) is 5.92 Å². The smallest absolute Gasteiger partial charge is 0.0879 e. The molecule has 0 aliphatic carbocycles. The molecule has 2 nitrogen and oxygen atoms in total. The summed E-state index contributed by atoms with van der Waals surface area (Å²) in [5.41, 5.74) is 1.10. The Morgan fingerprint density at radius 2 is 2.00 bits per heavy atom. The molecule has 2 rings (SSSR count). The van der Waals surface area contributed by atoms with Crippen LogP contribution in [0.1, 0.15) is 11.7 Å². The standard InChI is InChI=1S/C11H13O2/c1-8-10(12)7-13-11(8)9-5-3-2-4-6-9/h2-6,8,10-12H,1,7H2/t8-,10+,11+/m0/s1. The molecule has 2 heteroatoms. The summed E-state index contributed by atoms with van der Waals surface area (Å²) in [6.07, 6.45) is -0.471. The number of benzene rings is 1. The number of hydrogen-bond acceptors (Lipinski definition) is 2. The molecule has 1 heterocycles. The maximum absolute atomic E-state index is 9.44. The van der Waals surface area contributed by atoms with Crippen molar-refractivity contribution in [1.29, 1.82) is 0 Å². The van der Waals surface area contributed by atoms with Gasteiger partial charge < -0.3 is 9.84 Å². The van der Waals surface area contributed by atoms with Crippen LogP contribution in [0.4, 0.5) is 0 Å². The fourth-order valence-corrected chi connectivity index (χ4v) is 1.64. The lowest BCUT2D eigenvalue weighted by Gasteiger charge is -2.15. The Kier molecular flexibility index (Phi) is 2.34. The number of aliphatic hydroxyl groups is 1. The van der Waals surface area contributed by atoms with Gasteiger partial charge >= 0.3 is 0 Å². The zero-order chi connectivity index (χ0) is 9.26. The van der Waals surface area contributed by atoms with E-state index in [4.69, 9.17) is 4.74 Å². The van der Waals surface area contributed by atoms with Gasteiger partial charge in [-0.05, 0) is 12.5 Å². The Morgan fingerprint density at radius 1 is 1.31 bits per heavy atom. The second-order valence-corrected chi connectivity index (χ2v) is 3.40. The van der Waals surface area contributed by atoms with Gasteiger partial charge in [0.15, 0.2) is 0 Å². The van der Waals surface area contributed by atoms with E-state index in [9.17, 15) is 5.11 Å². The highest BCUT2D eigenvalue weighted by atomic mass is 16.5. The van der Waals surface area contributed by atoms with Crippen LogP contribution in [0.3, 0.4) is 0 Å². The summed E-state index contributed by atoms with van der Waals surface area (Å²) < 4.78 is 5.45. The number of hydrogen-bond donors (Lipinski definition) is 1.